The Hall–Kier alpha value is -3.29. The van der Waals surface area contributed by atoms with Crippen molar-refractivity contribution in [3.8, 4) is 5.82 Å². The normalized spacial score (nSPS) is 15.2. The molecule has 0 atom stereocenters. The van der Waals surface area contributed by atoms with Crippen LogP contribution in [0.3, 0.4) is 0 Å². The number of anilines is 2. The van der Waals surface area contributed by atoms with Gasteiger partial charge in [-0.15, -0.1) is 0 Å². The molecule has 0 unspecified atom stereocenters. The zero-order valence-electron chi connectivity index (χ0n) is 17.6. The molecule has 8 heteroatoms. The second-order valence-electron chi connectivity index (χ2n) is 8.56. The minimum absolute atomic E-state index is 0.0150. The number of rotatable bonds is 4. The third-order valence-corrected chi connectivity index (χ3v) is 5.30. The summed E-state index contributed by atoms with van der Waals surface area (Å²) in [6.07, 6.45) is 6.72. The van der Waals surface area contributed by atoms with Crippen LogP contribution in [0.5, 0.6) is 0 Å². The molecule has 1 amide bonds. The molecule has 0 saturated carbocycles. The lowest BCUT2D eigenvalue weighted by Gasteiger charge is -2.31. The fourth-order valence-corrected chi connectivity index (χ4v) is 3.51. The Morgan fingerprint density at radius 3 is 2.37 bits per heavy atom. The average Bonchev–Trinajstić information content (AvgIpc) is 3.19. The van der Waals surface area contributed by atoms with Crippen LogP contribution < -0.4 is 10.2 Å². The maximum absolute atomic E-state index is 13.0. The minimum atomic E-state index is -0.138. The summed E-state index contributed by atoms with van der Waals surface area (Å²) in [5.41, 5.74) is 0.764. The van der Waals surface area contributed by atoms with Crippen LogP contribution in [0.4, 0.5) is 11.8 Å². The molecular weight excluding hydrogens is 378 g/mol. The fourth-order valence-electron chi connectivity index (χ4n) is 3.51. The molecule has 1 fully saturated rings. The number of nitrogens with zero attached hydrogens (tertiary/aromatic N) is 6. The Labute approximate surface area is 176 Å². The highest BCUT2D eigenvalue weighted by Crippen LogP contribution is 2.27. The largest absolute Gasteiger partial charge is 0.341 e. The molecule has 8 nitrogen and oxygen atoms in total. The summed E-state index contributed by atoms with van der Waals surface area (Å²) < 4.78 is 1.71. The number of pyridine rings is 1. The van der Waals surface area contributed by atoms with Gasteiger partial charge in [0.05, 0.1) is 5.69 Å². The van der Waals surface area contributed by atoms with Crippen LogP contribution in [0.15, 0.2) is 48.9 Å². The number of piperidine rings is 1. The van der Waals surface area contributed by atoms with E-state index < -0.39 is 0 Å². The zero-order valence-corrected chi connectivity index (χ0v) is 17.6. The molecule has 1 aliphatic heterocycles. The maximum atomic E-state index is 13.0. The first-order chi connectivity index (χ1) is 14.4. The third kappa shape index (κ3) is 4.32. The molecular formula is C22H27N7O. The molecule has 4 rings (SSSR count). The van der Waals surface area contributed by atoms with Crippen molar-refractivity contribution in [2.24, 2.45) is 5.92 Å². The van der Waals surface area contributed by atoms with E-state index in [0.717, 1.165) is 37.6 Å². The third-order valence-electron chi connectivity index (χ3n) is 5.30. The van der Waals surface area contributed by atoms with Crippen LogP contribution >= 0.6 is 0 Å². The van der Waals surface area contributed by atoms with E-state index in [0.29, 0.717) is 11.6 Å². The average molecular weight is 406 g/mol. The van der Waals surface area contributed by atoms with Gasteiger partial charge in [0.25, 0.3) is 0 Å². The van der Waals surface area contributed by atoms with Crippen molar-refractivity contribution in [1.82, 2.24) is 24.7 Å². The van der Waals surface area contributed by atoms with Crippen molar-refractivity contribution in [1.29, 1.82) is 0 Å². The van der Waals surface area contributed by atoms with Crippen molar-refractivity contribution in [2.45, 2.75) is 39.0 Å². The van der Waals surface area contributed by atoms with Crippen molar-refractivity contribution in [2.75, 3.05) is 23.3 Å². The van der Waals surface area contributed by atoms with E-state index in [-0.39, 0.29) is 17.2 Å². The van der Waals surface area contributed by atoms with Gasteiger partial charge in [0, 0.05) is 49.1 Å². The molecule has 30 heavy (non-hydrogen) atoms. The first kappa shape index (κ1) is 20.0. The lowest BCUT2D eigenvalue weighted by molar-refractivity contribution is -0.120. The highest BCUT2D eigenvalue weighted by Gasteiger charge is 2.28. The second-order valence-corrected chi connectivity index (χ2v) is 8.56. The smallest absolute Gasteiger partial charge is 0.228 e. The molecule has 3 aromatic rings. The van der Waals surface area contributed by atoms with E-state index in [9.17, 15) is 4.79 Å². The molecule has 156 valence electrons. The lowest BCUT2D eigenvalue weighted by atomic mass is 9.92. The molecule has 3 aromatic heterocycles. The number of carbonyl (C=O) groups excluding carboxylic acids is 1. The van der Waals surface area contributed by atoms with Gasteiger partial charge < -0.3 is 10.2 Å². The number of hydrogen-bond acceptors (Lipinski definition) is 6. The van der Waals surface area contributed by atoms with E-state index in [1.807, 2.05) is 24.3 Å². The van der Waals surface area contributed by atoms with E-state index in [2.05, 4.69) is 45.9 Å². The summed E-state index contributed by atoms with van der Waals surface area (Å²) in [7, 11) is 0. The molecule has 4 heterocycles. The molecule has 0 aliphatic carbocycles. The molecule has 0 bridgehead atoms. The summed E-state index contributed by atoms with van der Waals surface area (Å²) in [6, 6.07) is 9.40. The van der Waals surface area contributed by atoms with E-state index >= 15 is 0 Å². The molecule has 0 radical (unpaired) electrons. The van der Waals surface area contributed by atoms with Crippen molar-refractivity contribution in [3.05, 3.63) is 54.6 Å². The maximum Gasteiger partial charge on any atom is 0.228 e. The van der Waals surface area contributed by atoms with Crippen molar-refractivity contribution >= 4 is 17.7 Å². The van der Waals surface area contributed by atoms with Gasteiger partial charge in [0.15, 0.2) is 5.82 Å². The fraction of sp³-hybridized carbons (Fsp3) is 0.409. The molecule has 1 aliphatic rings. The van der Waals surface area contributed by atoms with Crippen molar-refractivity contribution < 1.29 is 4.79 Å². The number of amides is 1. The molecule has 0 spiro atoms. The summed E-state index contributed by atoms with van der Waals surface area (Å²) in [5, 5.41) is 7.81. The van der Waals surface area contributed by atoms with Crippen LogP contribution in [0.1, 0.15) is 39.3 Å². The van der Waals surface area contributed by atoms with Crippen LogP contribution in [-0.4, -0.2) is 43.7 Å². The van der Waals surface area contributed by atoms with E-state index in [1.54, 1.807) is 29.3 Å². The summed E-state index contributed by atoms with van der Waals surface area (Å²) in [4.78, 5) is 28.2. The van der Waals surface area contributed by atoms with Crippen LogP contribution in [0.25, 0.3) is 5.82 Å². The first-order valence-corrected chi connectivity index (χ1v) is 10.3. The number of carbonyl (C=O) groups is 1. The number of aromatic nitrogens is 5. The van der Waals surface area contributed by atoms with Gasteiger partial charge in [0.2, 0.25) is 11.9 Å². The number of hydrogen-bond donors (Lipinski definition) is 1. The minimum Gasteiger partial charge on any atom is -0.341 e. The molecule has 1 N–H and O–H groups in total. The van der Waals surface area contributed by atoms with Gasteiger partial charge in [-0.25, -0.2) is 15.0 Å². The Balaban J connectivity index is 1.49. The summed E-state index contributed by atoms with van der Waals surface area (Å²) in [5.74, 6) is 2.01. The van der Waals surface area contributed by atoms with E-state index in [4.69, 9.17) is 5.10 Å². The highest BCUT2D eigenvalue weighted by atomic mass is 16.2. The standard InChI is InChI=1S/C22H27N7O/c1-22(2,3)17-15-19(29(27-17)18-7-4-5-10-23-18)26-20(30)16-8-13-28(14-9-16)21-24-11-6-12-25-21/h4-7,10-12,15-16H,8-9,13-14H2,1-3H3,(H,26,30). The molecule has 1 saturated heterocycles. The van der Waals surface area contributed by atoms with Crippen LogP contribution in [-0.2, 0) is 10.2 Å². The Morgan fingerprint density at radius 2 is 1.73 bits per heavy atom. The monoisotopic (exact) mass is 405 g/mol. The van der Waals surface area contributed by atoms with Gasteiger partial charge in [-0.1, -0.05) is 26.8 Å². The highest BCUT2D eigenvalue weighted by molar-refractivity contribution is 5.92. The van der Waals surface area contributed by atoms with Crippen molar-refractivity contribution in [3.63, 3.8) is 0 Å². The van der Waals surface area contributed by atoms with Crippen LogP contribution in [0.2, 0.25) is 0 Å². The SMILES string of the molecule is CC(C)(C)c1cc(NC(=O)C2CCN(c3ncccn3)CC2)n(-c2ccccn2)n1. The lowest BCUT2D eigenvalue weighted by Crippen LogP contribution is -2.39. The number of nitrogens with one attached hydrogen (secondary N) is 1. The van der Waals surface area contributed by atoms with E-state index in [1.165, 1.54) is 0 Å². The first-order valence-electron chi connectivity index (χ1n) is 10.3. The van der Waals surface area contributed by atoms with Crippen LogP contribution in [0, 0.1) is 5.92 Å². The molecule has 0 aromatic carbocycles. The Bertz CT molecular complexity index is 987. The predicted octanol–water partition coefficient (Wildman–Crippen LogP) is 3.21. The predicted molar refractivity (Wildman–Crippen MR) is 116 cm³/mol. The van der Waals surface area contributed by atoms with Gasteiger partial charge >= 0.3 is 0 Å². The summed E-state index contributed by atoms with van der Waals surface area (Å²) in [6.45, 7) is 7.82. The topological polar surface area (TPSA) is 88.8 Å². The van der Waals surface area contributed by atoms with Gasteiger partial charge in [-0.05, 0) is 31.0 Å². The van der Waals surface area contributed by atoms with Gasteiger partial charge in [-0.3, -0.25) is 4.79 Å². The Morgan fingerprint density at radius 1 is 1.03 bits per heavy atom. The zero-order chi connectivity index (χ0) is 21.1. The van der Waals surface area contributed by atoms with Gasteiger partial charge in [0.1, 0.15) is 5.82 Å². The Kier molecular flexibility index (Phi) is 5.48. The second kappa shape index (κ2) is 8.22. The van der Waals surface area contributed by atoms with Gasteiger partial charge in [-0.2, -0.15) is 9.78 Å². The quantitative estimate of drug-likeness (QED) is 0.717. The summed E-state index contributed by atoms with van der Waals surface area (Å²) >= 11 is 0.